The Bertz CT molecular complexity index is 729. The summed E-state index contributed by atoms with van der Waals surface area (Å²) in [7, 11) is 1.67. The molecule has 0 aliphatic rings. The van der Waals surface area contributed by atoms with E-state index in [2.05, 4.69) is 35.7 Å². The first kappa shape index (κ1) is 17.9. The minimum absolute atomic E-state index is 0.379. The van der Waals surface area contributed by atoms with Crippen LogP contribution in [0.15, 0.2) is 42.5 Å². The Hall–Kier alpha value is -2.49. The summed E-state index contributed by atoms with van der Waals surface area (Å²) in [6.45, 7) is 6.10. The van der Waals surface area contributed by atoms with Crippen molar-refractivity contribution in [3.8, 4) is 5.75 Å². The fourth-order valence-corrected chi connectivity index (χ4v) is 2.26. The Labute approximate surface area is 143 Å². The van der Waals surface area contributed by atoms with Crippen molar-refractivity contribution in [3.63, 3.8) is 0 Å². The molecule has 128 valence electrons. The van der Waals surface area contributed by atoms with E-state index in [0.29, 0.717) is 6.54 Å². The molecule has 1 amide bonds. The molecule has 2 rings (SSSR count). The fraction of sp³-hybridized carbons (Fsp3) is 0.350. The fourth-order valence-electron chi connectivity index (χ4n) is 2.26. The van der Waals surface area contributed by atoms with E-state index < -0.39 is 5.60 Å². The average Bonchev–Trinajstić information content (AvgIpc) is 2.52. The second-order valence-electron chi connectivity index (χ2n) is 6.59. The van der Waals surface area contributed by atoms with E-state index in [4.69, 9.17) is 9.47 Å². The molecular formula is C20H25NO3. The van der Waals surface area contributed by atoms with Crippen LogP contribution < -0.4 is 10.1 Å². The number of hydrogen-bond donors (Lipinski definition) is 1. The van der Waals surface area contributed by atoms with Gasteiger partial charge in [0.2, 0.25) is 0 Å². The van der Waals surface area contributed by atoms with Gasteiger partial charge in [-0.3, -0.25) is 0 Å². The summed E-state index contributed by atoms with van der Waals surface area (Å²) in [5.74, 6) is 0.860. The van der Waals surface area contributed by atoms with Gasteiger partial charge in [0.1, 0.15) is 11.4 Å². The van der Waals surface area contributed by atoms with E-state index in [1.165, 1.54) is 5.39 Å². The Balaban J connectivity index is 1.86. The number of alkyl carbamates (subject to hydrolysis) is 1. The van der Waals surface area contributed by atoms with Crippen LogP contribution in [0.1, 0.15) is 32.8 Å². The van der Waals surface area contributed by atoms with E-state index in [9.17, 15) is 4.79 Å². The van der Waals surface area contributed by atoms with Gasteiger partial charge in [-0.2, -0.15) is 0 Å². The predicted molar refractivity (Wildman–Crippen MR) is 98.4 cm³/mol. The SMILES string of the molecule is COc1ccc2cc(C=CCCNC(=O)OC(C)(C)C)ccc2c1. The largest absolute Gasteiger partial charge is 0.497 e. The van der Waals surface area contributed by atoms with Gasteiger partial charge >= 0.3 is 6.09 Å². The normalized spacial score (nSPS) is 11.7. The van der Waals surface area contributed by atoms with E-state index in [0.717, 1.165) is 23.1 Å². The third-order valence-corrected chi connectivity index (χ3v) is 3.36. The molecule has 0 heterocycles. The lowest BCUT2D eigenvalue weighted by molar-refractivity contribution is 0.0529. The van der Waals surface area contributed by atoms with E-state index >= 15 is 0 Å². The van der Waals surface area contributed by atoms with Crippen LogP contribution in [0, 0.1) is 0 Å². The van der Waals surface area contributed by atoms with Gasteiger partial charge in [0.25, 0.3) is 0 Å². The molecule has 0 spiro atoms. The number of methoxy groups -OCH3 is 1. The van der Waals surface area contributed by atoms with Crippen molar-refractivity contribution >= 4 is 22.9 Å². The number of carbonyl (C=O) groups excluding carboxylic acids is 1. The average molecular weight is 327 g/mol. The summed E-state index contributed by atoms with van der Waals surface area (Å²) >= 11 is 0. The zero-order valence-corrected chi connectivity index (χ0v) is 14.8. The van der Waals surface area contributed by atoms with Crippen molar-refractivity contribution in [2.24, 2.45) is 0 Å². The van der Waals surface area contributed by atoms with Crippen LogP contribution in [0.25, 0.3) is 16.8 Å². The molecule has 0 unspecified atom stereocenters. The summed E-state index contributed by atoms with van der Waals surface area (Å²) in [6.07, 6.45) is 4.47. The number of carbonyl (C=O) groups is 1. The lowest BCUT2D eigenvalue weighted by Crippen LogP contribution is -2.32. The van der Waals surface area contributed by atoms with Crippen LogP contribution in [-0.2, 0) is 4.74 Å². The van der Waals surface area contributed by atoms with Crippen molar-refractivity contribution in [2.45, 2.75) is 32.8 Å². The van der Waals surface area contributed by atoms with E-state index in [1.54, 1.807) is 7.11 Å². The molecule has 0 aliphatic heterocycles. The Morgan fingerprint density at radius 2 is 1.83 bits per heavy atom. The molecule has 2 aromatic carbocycles. The van der Waals surface area contributed by atoms with E-state index in [-0.39, 0.29) is 6.09 Å². The molecule has 0 bridgehead atoms. The van der Waals surface area contributed by atoms with Crippen molar-refractivity contribution in [3.05, 3.63) is 48.0 Å². The third-order valence-electron chi connectivity index (χ3n) is 3.36. The second kappa shape index (κ2) is 7.86. The predicted octanol–water partition coefficient (Wildman–Crippen LogP) is 4.78. The first-order chi connectivity index (χ1) is 11.4. The van der Waals surface area contributed by atoms with Crippen molar-refractivity contribution in [2.75, 3.05) is 13.7 Å². The zero-order chi connectivity index (χ0) is 17.6. The molecule has 4 heteroatoms. The number of nitrogens with one attached hydrogen (secondary N) is 1. The van der Waals surface area contributed by atoms with Crippen molar-refractivity contribution in [1.82, 2.24) is 5.32 Å². The van der Waals surface area contributed by atoms with Crippen molar-refractivity contribution in [1.29, 1.82) is 0 Å². The van der Waals surface area contributed by atoms with Gasteiger partial charge in [-0.15, -0.1) is 0 Å². The van der Waals surface area contributed by atoms with Gasteiger partial charge in [0.15, 0.2) is 0 Å². The summed E-state index contributed by atoms with van der Waals surface area (Å²) in [4.78, 5) is 11.5. The lowest BCUT2D eigenvalue weighted by atomic mass is 10.1. The first-order valence-corrected chi connectivity index (χ1v) is 8.08. The second-order valence-corrected chi connectivity index (χ2v) is 6.59. The Kier molecular flexibility index (Phi) is 5.85. The number of ether oxygens (including phenoxy) is 2. The number of benzene rings is 2. The first-order valence-electron chi connectivity index (χ1n) is 8.08. The number of amides is 1. The summed E-state index contributed by atoms with van der Waals surface area (Å²) < 4.78 is 10.4. The Morgan fingerprint density at radius 3 is 2.54 bits per heavy atom. The number of rotatable bonds is 5. The molecule has 0 aromatic heterocycles. The van der Waals surface area contributed by atoms with Crippen LogP contribution in [0.2, 0.25) is 0 Å². The third kappa shape index (κ3) is 5.61. The highest BCUT2D eigenvalue weighted by atomic mass is 16.6. The van der Waals surface area contributed by atoms with E-state index in [1.807, 2.05) is 39.0 Å². The molecule has 4 nitrogen and oxygen atoms in total. The van der Waals surface area contributed by atoms with Crippen LogP contribution in [0.4, 0.5) is 4.79 Å². The highest BCUT2D eigenvalue weighted by Gasteiger charge is 2.15. The topological polar surface area (TPSA) is 47.6 Å². The number of hydrogen-bond acceptors (Lipinski definition) is 3. The molecule has 0 saturated carbocycles. The highest BCUT2D eigenvalue weighted by molar-refractivity contribution is 5.86. The minimum atomic E-state index is -0.465. The molecule has 2 aromatic rings. The van der Waals surface area contributed by atoms with Crippen LogP contribution >= 0.6 is 0 Å². The summed E-state index contributed by atoms with van der Waals surface area (Å²) in [5.41, 5.74) is 0.665. The standard InChI is InChI=1S/C20H25NO3/c1-20(2,3)24-19(22)21-12-6-5-7-15-8-9-17-14-18(23-4)11-10-16(17)13-15/h5,7-11,13-14H,6,12H2,1-4H3,(H,21,22). The molecule has 24 heavy (non-hydrogen) atoms. The molecular weight excluding hydrogens is 302 g/mol. The zero-order valence-electron chi connectivity index (χ0n) is 14.8. The molecule has 0 aliphatic carbocycles. The smallest absolute Gasteiger partial charge is 0.407 e. The number of fused-ring (bicyclic) bond motifs is 1. The van der Waals surface area contributed by atoms with Gasteiger partial charge in [0.05, 0.1) is 7.11 Å². The van der Waals surface area contributed by atoms with Crippen LogP contribution in [0.3, 0.4) is 0 Å². The van der Waals surface area contributed by atoms with Crippen LogP contribution in [0.5, 0.6) is 5.75 Å². The summed E-state index contributed by atoms with van der Waals surface area (Å²) in [6, 6.07) is 12.3. The lowest BCUT2D eigenvalue weighted by Gasteiger charge is -2.19. The molecule has 0 fully saturated rings. The monoisotopic (exact) mass is 327 g/mol. The van der Waals surface area contributed by atoms with Gasteiger partial charge in [-0.05, 0) is 61.7 Å². The maximum absolute atomic E-state index is 11.5. The molecule has 0 radical (unpaired) electrons. The maximum atomic E-state index is 11.5. The van der Waals surface area contributed by atoms with Gasteiger partial charge in [0, 0.05) is 6.54 Å². The molecule has 1 N–H and O–H groups in total. The van der Waals surface area contributed by atoms with Crippen LogP contribution in [-0.4, -0.2) is 25.3 Å². The maximum Gasteiger partial charge on any atom is 0.407 e. The Morgan fingerprint density at radius 1 is 1.12 bits per heavy atom. The minimum Gasteiger partial charge on any atom is -0.497 e. The summed E-state index contributed by atoms with van der Waals surface area (Å²) in [5, 5.41) is 5.06. The highest BCUT2D eigenvalue weighted by Crippen LogP contribution is 2.22. The molecule has 0 saturated heterocycles. The van der Waals surface area contributed by atoms with Gasteiger partial charge < -0.3 is 14.8 Å². The quantitative estimate of drug-likeness (QED) is 0.804. The van der Waals surface area contributed by atoms with Gasteiger partial charge in [-0.1, -0.05) is 30.4 Å². The van der Waals surface area contributed by atoms with Crippen molar-refractivity contribution < 1.29 is 14.3 Å². The molecule has 0 atom stereocenters. The van der Waals surface area contributed by atoms with Gasteiger partial charge in [-0.25, -0.2) is 4.79 Å².